The molecule has 2 aromatic heterocycles. The van der Waals surface area contributed by atoms with Crippen LogP contribution < -0.4 is 10.5 Å². The second-order valence-electron chi connectivity index (χ2n) is 5.38. The van der Waals surface area contributed by atoms with E-state index >= 15 is 0 Å². The monoisotopic (exact) mass is 381 g/mol. The Morgan fingerprint density at radius 3 is 2.80 bits per heavy atom. The molecule has 0 saturated heterocycles. The lowest BCUT2D eigenvalue weighted by atomic mass is 10.1. The van der Waals surface area contributed by atoms with Gasteiger partial charge in [-0.05, 0) is 37.3 Å². The Balaban J connectivity index is 1.92. The predicted molar refractivity (Wildman–Crippen MR) is 92.3 cm³/mol. The van der Waals surface area contributed by atoms with Crippen molar-refractivity contribution in [3.63, 3.8) is 0 Å². The number of furan rings is 1. The maximum absolute atomic E-state index is 12.3. The van der Waals surface area contributed by atoms with Crippen LogP contribution in [0, 0.1) is 0 Å². The van der Waals surface area contributed by atoms with Crippen LogP contribution in [0.5, 0.6) is 0 Å². The third-order valence-corrected chi connectivity index (χ3v) is 6.22. The van der Waals surface area contributed by atoms with Crippen molar-refractivity contribution in [2.75, 3.05) is 0 Å². The molecule has 0 fully saturated rings. The van der Waals surface area contributed by atoms with Crippen molar-refractivity contribution in [3.05, 3.63) is 36.6 Å². The summed E-state index contributed by atoms with van der Waals surface area (Å²) in [5.41, 5.74) is 6.66. The van der Waals surface area contributed by atoms with E-state index < -0.39 is 28.1 Å². The fraction of sp³-hybridized carbons (Fsp3) is 0.200. The van der Waals surface area contributed by atoms with Crippen LogP contribution in [-0.4, -0.2) is 36.6 Å². The summed E-state index contributed by atoms with van der Waals surface area (Å²) in [5.74, 6) is -0.360. The molecule has 25 heavy (non-hydrogen) atoms. The zero-order chi connectivity index (χ0) is 18.2. The second kappa shape index (κ2) is 6.56. The zero-order valence-corrected chi connectivity index (χ0v) is 14.7. The smallest absolute Gasteiger partial charge is 0.291 e. The van der Waals surface area contributed by atoms with Crippen LogP contribution in [0.2, 0.25) is 0 Å². The first kappa shape index (κ1) is 17.5. The lowest BCUT2D eigenvalue weighted by Gasteiger charge is -2.13. The molecule has 3 rings (SSSR count). The summed E-state index contributed by atoms with van der Waals surface area (Å²) in [6.07, 6.45) is 0.360. The van der Waals surface area contributed by atoms with Crippen molar-refractivity contribution >= 4 is 37.5 Å². The molecule has 4 N–H and O–H groups in total. The van der Waals surface area contributed by atoms with Crippen LogP contribution in [0.1, 0.15) is 6.92 Å². The van der Waals surface area contributed by atoms with Gasteiger partial charge in [-0.3, -0.25) is 4.79 Å². The van der Waals surface area contributed by atoms with E-state index in [9.17, 15) is 18.3 Å². The number of sulfonamides is 1. The number of amides is 1. The minimum atomic E-state index is -4.17. The molecule has 3 aromatic rings. The van der Waals surface area contributed by atoms with E-state index in [4.69, 9.17) is 10.2 Å². The highest BCUT2D eigenvalue weighted by atomic mass is 32.2. The lowest BCUT2D eigenvalue weighted by Crippen LogP contribution is -2.48. The molecule has 0 aliphatic carbocycles. The van der Waals surface area contributed by atoms with Gasteiger partial charge in [0.2, 0.25) is 4.34 Å². The number of carbonyl (C=O) groups is 1. The average Bonchev–Trinajstić information content (AvgIpc) is 3.22. The quantitative estimate of drug-likeness (QED) is 0.601. The highest BCUT2D eigenvalue weighted by Gasteiger charge is 2.27. The number of hydrogen-bond acceptors (Lipinski definition) is 8. The van der Waals surface area contributed by atoms with Crippen LogP contribution in [0.3, 0.4) is 0 Å². The number of nitrogens with zero attached hydrogens (tertiary/aromatic N) is 1. The molecule has 0 radical (unpaired) electrons. The number of nitrogens with one attached hydrogen (secondary N) is 1. The second-order valence-corrected chi connectivity index (χ2v) is 8.26. The Labute approximate surface area is 147 Å². The molecule has 8 nitrogen and oxygen atoms in total. The fourth-order valence-corrected chi connectivity index (χ4v) is 4.30. The van der Waals surface area contributed by atoms with Crippen LogP contribution in [-0.2, 0) is 14.8 Å². The van der Waals surface area contributed by atoms with E-state index in [2.05, 4.69) is 4.98 Å². The van der Waals surface area contributed by atoms with Gasteiger partial charge >= 0.3 is 0 Å². The van der Waals surface area contributed by atoms with E-state index in [0.29, 0.717) is 16.0 Å². The summed E-state index contributed by atoms with van der Waals surface area (Å²) in [6, 6.07) is 7.40. The van der Waals surface area contributed by atoms with E-state index in [0.717, 1.165) is 16.9 Å². The molecule has 0 aliphatic heterocycles. The minimum absolute atomic E-state index is 0.259. The molecule has 2 heterocycles. The van der Waals surface area contributed by atoms with Gasteiger partial charge in [-0.15, -0.1) is 11.3 Å². The summed E-state index contributed by atoms with van der Waals surface area (Å²) in [7, 11) is -4.17. The largest absolute Gasteiger partial charge is 0.464 e. The molecule has 1 amide bonds. The zero-order valence-electron chi connectivity index (χ0n) is 13.0. The van der Waals surface area contributed by atoms with Gasteiger partial charge in [0.1, 0.15) is 11.8 Å². The van der Waals surface area contributed by atoms with Crippen LogP contribution in [0.25, 0.3) is 21.5 Å². The van der Waals surface area contributed by atoms with Crippen molar-refractivity contribution in [3.8, 4) is 11.3 Å². The third-order valence-electron chi connectivity index (χ3n) is 3.46. The predicted octanol–water partition coefficient (Wildman–Crippen LogP) is 1.07. The van der Waals surface area contributed by atoms with Gasteiger partial charge in [0.15, 0.2) is 0 Å². The number of fused-ring (bicyclic) bond motifs is 1. The summed E-state index contributed by atoms with van der Waals surface area (Å²) in [6.45, 7) is 1.30. The number of aromatic nitrogens is 1. The van der Waals surface area contributed by atoms with Crippen molar-refractivity contribution in [1.29, 1.82) is 0 Å². The lowest BCUT2D eigenvalue weighted by molar-refractivity contribution is -0.122. The number of rotatable bonds is 5. The average molecular weight is 381 g/mol. The standard InChI is InChI=1S/C15H15N3O5S2/c1-8(19)13(16)14(20)18-25(21,22)15-17-10-7-9(4-5-12(10)24-15)11-3-2-6-23-11/h2-8,13,19H,16H2,1H3,(H,18,20)/t8-,13+/m1/s1. The molecule has 10 heteroatoms. The summed E-state index contributed by atoms with van der Waals surface area (Å²) in [5, 5.41) is 9.29. The van der Waals surface area contributed by atoms with Crippen LogP contribution in [0.15, 0.2) is 45.4 Å². The molecule has 0 saturated carbocycles. The Bertz CT molecular complexity index is 1010. The van der Waals surface area contributed by atoms with Gasteiger partial charge in [0, 0.05) is 5.56 Å². The van der Waals surface area contributed by atoms with E-state index in [1.54, 1.807) is 30.3 Å². The van der Waals surface area contributed by atoms with E-state index in [1.807, 2.05) is 4.72 Å². The maximum Gasteiger partial charge on any atom is 0.291 e. The molecule has 0 spiro atoms. The Hall–Kier alpha value is -2.27. The normalized spacial score (nSPS) is 14.4. The van der Waals surface area contributed by atoms with Gasteiger partial charge in [0.05, 0.1) is 22.6 Å². The van der Waals surface area contributed by atoms with E-state index in [1.165, 1.54) is 13.2 Å². The number of nitrogens with two attached hydrogens (primary N) is 1. The van der Waals surface area contributed by atoms with Crippen LogP contribution >= 0.6 is 11.3 Å². The first-order valence-corrected chi connectivity index (χ1v) is 9.52. The maximum atomic E-state index is 12.3. The van der Waals surface area contributed by atoms with Crippen molar-refractivity contribution in [2.45, 2.75) is 23.4 Å². The van der Waals surface area contributed by atoms with Gasteiger partial charge < -0.3 is 15.3 Å². The van der Waals surface area contributed by atoms with Crippen molar-refractivity contribution in [1.82, 2.24) is 9.71 Å². The summed E-state index contributed by atoms with van der Waals surface area (Å²) >= 11 is 0.925. The van der Waals surface area contributed by atoms with Gasteiger partial charge in [-0.1, -0.05) is 0 Å². The Kier molecular flexibility index (Phi) is 4.60. The first-order valence-electron chi connectivity index (χ1n) is 7.23. The first-order chi connectivity index (χ1) is 11.8. The number of carbonyl (C=O) groups excluding carboxylic acids is 1. The summed E-state index contributed by atoms with van der Waals surface area (Å²) in [4.78, 5) is 15.9. The highest BCUT2D eigenvalue weighted by Crippen LogP contribution is 2.29. The Morgan fingerprint density at radius 2 is 2.16 bits per heavy atom. The number of hydrogen-bond donors (Lipinski definition) is 3. The molecule has 1 aromatic carbocycles. The molecular weight excluding hydrogens is 366 g/mol. The van der Waals surface area contributed by atoms with Gasteiger partial charge in [-0.25, -0.2) is 9.71 Å². The highest BCUT2D eigenvalue weighted by molar-refractivity contribution is 7.92. The number of benzene rings is 1. The molecular formula is C15H15N3O5S2. The van der Waals surface area contributed by atoms with Gasteiger partial charge in [-0.2, -0.15) is 8.42 Å². The SMILES string of the molecule is C[C@@H](O)[C@H](N)C(=O)NS(=O)(=O)c1nc2cc(-c3ccco3)ccc2s1. The molecule has 0 bridgehead atoms. The summed E-state index contributed by atoms with van der Waals surface area (Å²) < 4.78 is 32.2. The number of aliphatic hydroxyl groups excluding tert-OH is 1. The minimum Gasteiger partial charge on any atom is -0.464 e. The van der Waals surface area contributed by atoms with E-state index in [-0.39, 0.29) is 4.34 Å². The molecule has 2 atom stereocenters. The number of thiazole rings is 1. The number of aliphatic hydroxyl groups is 1. The van der Waals surface area contributed by atoms with Crippen LogP contribution in [0.4, 0.5) is 0 Å². The molecule has 0 aliphatic rings. The molecule has 0 unspecified atom stereocenters. The fourth-order valence-electron chi connectivity index (χ4n) is 2.08. The van der Waals surface area contributed by atoms with Gasteiger partial charge in [0.25, 0.3) is 15.9 Å². The van der Waals surface area contributed by atoms with Crippen molar-refractivity contribution < 1.29 is 22.7 Å². The molecule has 132 valence electrons. The van der Waals surface area contributed by atoms with Crippen molar-refractivity contribution in [2.24, 2.45) is 5.73 Å². The third kappa shape index (κ3) is 3.56. The Morgan fingerprint density at radius 1 is 1.40 bits per heavy atom. The topological polar surface area (TPSA) is 136 Å².